The van der Waals surface area contributed by atoms with E-state index in [1.807, 2.05) is 16.9 Å². The van der Waals surface area contributed by atoms with Gasteiger partial charge in [0.2, 0.25) is 0 Å². The zero-order chi connectivity index (χ0) is 12.3. The van der Waals surface area contributed by atoms with Gasteiger partial charge in [0.05, 0.1) is 5.69 Å². The molecule has 2 unspecified atom stereocenters. The highest BCUT2D eigenvalue weighted by atomic mass is 32.1. The van der Waals surface area contributed by atoms with Crippen LogP contribution in [0.2, 0.25) is 0 Å². The summed E-state index contributed by atoms with van der Waals surface area (Å²) in [6, 6.07) is 2.33. The van der Waals surface area contributed by atoms with Gasteiger partial charge < -0.3 is 5.11 Å². The minimum absolute atomic E-state index is 0.391. The van der Waals surface area contributed by atoms with Crippen LogP contribution in [0.25, 0.3) is 0 Å². The summed E-state index contributed by atoms with van der Waals surface area (Å²) in [6.07, 6.45) is 2.86. The van der Waals surface area contributed by atoms with E-state index in [9.17, 15) is 5.11 Å². The molecule has 0 bridgehead atoms. The predicted molar refractivity (Wildman–Crippen MR) is 65.8 cm³/mol. The van der Waals surface area contributed by atoms with Crippen LogP contribution in [0.4, 0.5) is 0 Å². The van der Waals surface area contributed by atoms with Gasteiger partial charge in [0.25, 0.3) is 0 Å². The summed E-state index contributed by atoms with van der Waals surface area (Å²) in [6.45, 7) is 4.25. The Morgan fingerprint density at radius 2 is 2.35 bits per heavy atom. The van der Waals surface area contributed by atoms with Crippen LogP contribution in [0.1, 0.15) is 43.8 Å². The Balaban J connectivity index is 2.02. The minimum Gasteiger partial charge on any atom is -0.386 e. The van der Waals surface area contributed by atoms with Crippen LogP contribution in [-0.2, 0) is 6.42 Å². The Bertz CT molecular complexity index is 454. The van der Waals surface area contributed by atoms with Gasteiger partial charge in [-0.25, -0.2) is 0 Å². The summed E-state index contributed by atoms with van der Waals surface area (Å²) >= 11 is 1.25. The van der Waals surface area contributed by atoms with E-state index in [0.29, 0.717) is 18.2 Å². The van der Waals surface area contributed by atoms with Gasteiger partial charge in [-0.1, -0.05) is 11.4 Å². The molecule has 0 amide bonds. The first-order valence-corrected chi connectivity index (χ1v) is 6.53. The Kier molecular flexibility index (Phi) is 3.86. The van der Waals surface area contributed by atoms with Crippen LogP contribution in [-0.4, -0.2) is 24.5 Å². The summed E-state index contributed by atoms with van der Waals surface area (Å²) in [7, 11) is 0. The monoisotopic (exact) mass is 252 g/mol. The van der Waals surface area contributed by atoms with Gasteiger partial charge in [-0.3, -0.25) is 4.68 Å². The summed E-state index contributed by atoms with van der Waals surface area (Å²) in [4.78, 5) is 0. The number of aromatic nitrogens is 4. The average molecular weight is 252 g/mol. The third kappa shape index (κ3) is 2.89. The highest BCUT2D eigenvalue weighted by molar-refractivity contribution is 7.03. The van der Waals surface area contributed by atoms with Crippen LogP contribution in [0, 0.1) is 0 Å². The summed E-state index contributed by atoms with van der Waals surface area (Å²) in [5.74, 6) is 0. The lowest BCUT2D eigenvalue weighted by Crippen LogP contribution is -2.07. The van der Waals surface area contributed by atoms with Crippen molar-refractivity contribution in [2.24, 2.45) is 0 Å². The lowest BCUT2D eigenvalue weighted by Gasteiger charge is -2.08. The van der Waals surface area contributed by atoms with Crippen molar-refractivity contribution in [1.29, 1.82) is 0 Å². The highest BCUT2D eigenvalue weighted by Crippen LogP contribution is 2.17. The molecule has 2 heterocycles. The maximum Gasteiger partial charge on any atom is 0.104 e. The van der Waals surface area contributed by atoms with Gasteiger partial charge in [-0.05, 0) is 30.9 Å². The van der Waals surface area contributed by atoms with Crippen LogP contribution in [0.3, 0.4) is 0 Å². The largest absolute Gasteiger partial charge is 0.386 e. The van der Waals surface area contributed by atoms with Crippen LogP contribution in [0.15, 0.2) is 17.6 Å². The molecule has 92 valence electrons. The maximum absolute atomic E-state index is 9.92. The van der Waals surface area contributed by atoms with E-state index in [0.717, 1.165) is 12.1 Å². The first-order valence-electron chi connectivity index (χ1n) is 5.69. The maximum atomic E-state index is 9.92. The van der Waals surface area contributed by atoms with Crippen molar-refractivity contribution in [3.63, 3.8) is 0 Å². The molecular formula is C11H16N4OS. The molecule has 0 spiro atoms. The van der Waals surface area contributed by atoms with Gasteiger partial charge >= 0.3 is 0 Å². The van der Waals surface area contributed by atoms with Gasteiger partial charge in [0, 0.05) is 24.0 Å². The molecule has 0 saturated heterocycles. The van der Waals surface area contributed by atoms with Crippen molar-refractivity contribution in [2.45, 2.75) is 38.8 Å². The summed E-state index contributed by atoms with van der Waals surface area (Å²) in [5.41, 5.74) is 1.50. The Labute approximate surface area is 104 Å². The third-order valence-electron chi connectivity index (χ3n) is 2.83. The predicted octanol–water partition coefficient (Wildman–Crippen LogP) is 1.98. The standard InChI is InChI=1S/C11H16N4OS/c1-3-8(2)15-5-4-9(13-15)6-11(16)10-7-17-14-12-10/h4-5,7-8,11,16H,3,6H2,1-2H3. The molecule has 2 rings (SSSR count). The number of hydrogen-bond acceptors (Lipinski definition) is 5. The normalized spacial score (nSPS) is 14.8. The molecular weight excluding hydrogens is 236 g/mol. The second kappa shape index (κ2) is 5.37. The van der Waals surface area contributed by atoms with Crippen molar-refractivity contribution in [3.8, 4) is 0 Å². The summed E-state index contributed by atoms with van der Waals surface area (Å²) < 4.78 is 5.67. The van der Waals surface area contributed by atoms with E-state index in [4.69, 9.17) is 0 Å². The minimum atomic E-state index is -0.617. The van der Waals surface area contributed by atoms with Gasteiger partial charge in [-0.15, -0.1) is 5.10 Å². The molecule has 0 aliphatic rings. The quantitative estimate of drug-likeness (QED) is 0.883. The van der Waals surface area contributed by atoms with Gasteiger partial charge in [0.15, 0.2) is 0 Å². The van der Waals surface area contributed by atoms with Crippen molar-refractivity contribution >= 4 is 11.5 Å². The molecule has 17 heavy (non-hydrogen) atoms. The number of hydrogen-bond donors (Lipinski definition) is 1. The van der Waals surface area contributed by atoms with Crippen LogP contribution < -0.4 is 0 Å². The lowest BCUT2D eigenvalue weighted by molar-refractivity contribution is 0.172. The number of rotatable bonds is 5. The lowest BCUT2D eigenvalue weighted by atomic mass is 10.1. The van der Waals surface area contributed by atoms with Crippen molar-refractivity contribution < 1.29 is 5.11 Å². The molecule has 5 nitrogen and oxygen atoms in total. The number of aliphatic hydroxyl groups is 1. The fourth-order valence-corrected chi connectivity index (χ4v) is 2.04. The fourth-order valence-electron chi connectivity index (χ4n) is 1.54. The van der Waals surface area contributed by atoms with Gasteiger partial charge in [-0.2, -0.15) is 5.10 Å². The molecule has 0 aliphatic heterocycles. The molecule has 6 heteroatoms. The highest BCUT2D eigenvalue weighted by Gasteiger charge is 2.13. The molecule has 0 aromatic carbocycles. The van der Waals surface area contributed by atoms with Gasteiger partial charge in [0.1, 0.15) is 11.8 Å². The molecule has 2 aromatic heterocycles. The van der Waals surface area contributed by atoms with E-state index >= 15 is 0 Å². The zero-order valence-electron chi connectivity index (χ0n) is 9.95. The van der Waals surface area contributed by atoms with Crippen LogP contribution >= 0.6 is 11.5 Å². The van der Waals surface area contributed by atoms with E-state index in [2.05, 4.69) is 28.5 Å². The Hall–Kier alpha value is -1.27. The molecule has 0 fully saturated rings. The zero-order valence-corrected chi connectivity index (χ0v) is 10.8. The molecule has 0 aliphatic carbocycles. The second-order valence-electron chi connectivity index (χ2n) is 4.09. The second-order valence-corrected chi connectivity index (χ2v) is 4.70. The number of aliphatic hydroxyl groups excluding tert-OH is 1. The fraction of sp³-hybridized carbons (Fsp3) is 0.545. The van der Waals surface area contributed by atoms with E-state index in [1.165, 1.54) is 11.5 Å². The molecule has 0 radical (unpaired) electrons. The van der Waals surface area contributed by atoms with Crippen molar-refractivity contribution in [2.75, 3.05) is 0 Å². The topological polar surface area (TPSA) is 63.8 Å². The van der Waals surface area contributed by atoms with Crippen molar-refractivity contribution in [1.82, 2.24) is 19.4 Å². The van der Waals surface area contributed by atoms with E-state index in [1.54, 1.807) is 5.38 Å². The van der Waals surface area contributed by atoms with Crippen LogP contribution in [0.5, 0.6) is 0 Å². The smallest absolute Gasteiger partial charge is 0.104 e. The van der Waals surface area contributed by atoms with E-state index in [-0.39, 0.29) is 0 Å². The molecule has 2 atom stereocenters. The Morgan fingerprint density at radius 3 is 3.00 bits per heavy atom. The molecule has 1 N–H and O–H groups in total. The first-order chi connectivity index (χ1) is 8.20. The Morgan fingerprint density at radius 1 is 1.53 bits per heavy atom. The number of nitrogens with zero attached hydrogens (tertiary/aromatic N) is 4. The molecule has 0 saturated carbocycles. The third-order valence-corrected chi connectivity index (χ3v) is 3.35. The summed E-state index contributed by atoms with van der Waals surface area (Å²) in [5, 5.41) is 20.0. The molecule has 2 aromatic rings. The SMILES string of the molecule is CCC(C)n1ccc(CC(O)c2csnn2)n1. The first kappa shape index (κ1) is 12.2. The van der Waals surface area contributed by atoms with Crippen molar-refractivity contribution in [3.05, 3.63) is 29.0 Å². The average Bonchev–Trinajstić information content (AvgIpc) is 2.98. The van der Waals surface area contributed by atoms with E-state index < -0.39 is 6.10 Å².